The number of amides is 1. The number of hydrogen-bond donors (Lipinski definition) is 0. The second kappa shape index (κ2) is 9.65. The molecular weight excluding hydrogens is 426 g/mol. The first-order valence-electron chi connectivity index (χ1n) is 9.18. The van der Waals surface area contributed by atoms with Crippen LogP contribution in [0, 0.1) is 5.92 Å². The second-order valence-electron chi connectivity index (χ2n) is 6.98. The van der Waals surface area contributed by atoms with Gasteiger partial charge in [-0.25, -0.2) is 0 Å². The summed E-state index contributed by atoms with van der Waals surface area (Å²) >= 11 is 12.9. The van der Waals surface area contributed by atoms with Crippen molar-refractivity contribution < 1.29 is 14.3 Å². The van der Waals surface area contributed by atoms with Crippen LogP contribution < -0.4 is 9.47 Å². The first-order chi connectivity index (χ1) is 13.9. The number of thiocarbonyl (C=S) groups is 1. The third kappa shape index (κ3) is 5.32. The molecule has 0 atom stereocenters. The highest BCUT2D eigenvalue weighted by Gasteiger charge is 2.32. The zero-order chi connectivity index (χ0) is 21.0. The number of carbonyl (C=O) groups is 1. The van der Waals surface area contributed by atoms with Gasteiger partial charge in [-0.05, 0) is 35.8 Å². The number of hydrogen-bond acceptors (Lipinski definition) is 5. The van der Waals surface area contributed by atoms with E-state index in [1.165, 1.54) is 11.8 Å². The zero-order valence-corrected chi connectivity index (χ0v) is 18.9. The van der Waals surface area contributed by atoms with E-state index in [0.717, 1.165) is 11.1 Å². The summed E-state index contributed by atoms with van der Waals surface area (Å²) in [5.41, 5.74) is 1.74. The first kappa shape index (κ1) is 21.7. The van der Waals surface area contributed by atoms with E-state index in [4.69, 9.17) is 33.3 Å². The second-order valence-corrected chi connectivity index (χ2v) is 9.06. The number of carbonyl (C=O) groups excluding carboxylic acids is 1. The summed E-state index contributed by atoms with van der Waals surface area (Å²) in [4.78, 5) is 14.9. The number of thioether (sulfide) groups is 1. The molecule has 7 heteroatoms. The minimum absolute atomic E-state index is 0.0493. The molecule has 1 saturated heterocycles. The highest BCUT2D eigenvalue weighted by molar-refractivity contribution is 8.26. The molecule has 4 nitrogen and oxygen atoms in total. The van der Waals surface area contributed by atoms with Gasteiger partial charge in [0.2, 0.25) is 0 Å². The van der Waals surface area contributed by atoms with Gasteiger partial charge >= 0.3 is 0 Å². The Morgan fingerprint density at radius 1 is 1.21 bits per heavy atom. The van der Waals surface area contributed by atoms with E-state index in [-0.39, 0.29) is 5.91 Å². The molecule has 2 aromatic carbocycles. The number of rotatable bonds is 7. The lowest BCUT2D eigenvalue weighted by Crippen LogP contribution is -2.31. The molecule has 0 bridgehead atoms. The van der Waals surface area contributed by atoms with E-state index < -0.39 is 0 Å². The largest absolute Gasteiger partial charge is 0.493 e. The van der Waals surface area contributed by atoms with Crippen LogP contribution in [0.25, 0.3) is 6.08 Å². The Labute approximate surface area is 185 Å². The van der Waals surface area contributed by atoms with Gasteiger partial charge in [0.25, 0.3) is 5.91 Å². The number of nitrogens with zero attached hydrogens (tertiary/aromatic N) is 1. The fourth-order valence-corrected chi connectivity index (χ4v) is 4.30. The van der Waals surface area contributed by atoms with E-state index in [1.807, 2.05) is 48.5 Å². The lowest BCUT2D eigenvalue weighted by Gasteiger charge is -2.16. The number of benzene rings is 2. The van der Waals surface area contributed by atoms with Gasteiger partial charge < -0.3 is 9.47 Å². The Hall–Kier alpha value is -2.02. The standard InChI is InChI=1S/C22H22ClNO3S2/c1-14(2)12-24-21(25)20(29-22(24)28)11-15-8-9-18(19(10-15)26-3)27-13-16-6-4-5-7-17(16)23/h4-11,14H,12-13H2,1-3H3/b20-11-. The monoisotopic (exact) mass is 447 g/mol. The van der Waals surface area contributed by atoms with Crippen LogP contribution in [-0.4, -0.2) is 28.8 Å². The van der Waals surface area contributed by atoms with Gasteiger partial charge in [0.1, 0.15) is 10.9 Å². The van der Waals surface area contributed by atoms with Crippen LogP contribution >= 0.6 is 35.6 Å². The van der Waals surface area contributed by atoms with Crippen molar-refractivity contribution in [1.29, 1.82) is 0 Å². The molecule has 29 heavy (non-hydrogen) atoms. The van der Waals surface area contributed by atoms with Gasteiger partial charge in [-0.2, -0.15) is 0 Å². The van der Waals surface area contributed by atoms with E-state index in [1.54, 1.807) is 12.0 Å². The van der Waals surface area contributed by atoms with Crippen molar-refractivity contribution in [2.45, 2.75) is 20.5 Å². The lowest BCUT2D eigenvalue weighted by molar-refractivity contribution is -0.122. The molecule has 1 heterocycles. The summed E-state index contributed by atoms with van der Waals surface area (Å²) in [5, 5.41) is 0.659. The average Bonchev–Trinajstić information content (AvgIpc) is 2.95. The Balaban J connectivity index is 1.77. The van der Waals surface area contributed by atoms with Crippen molar-refractivity contribution in [2.24, 2.45) is 5.92 Å². The highest BCUT2D eigenvalue weighted by Crippen LogP contribution is 2.35. The minimum Gasteiger partial charge on any atom is -0.493 e. The first-order valence-corrected chi connectivity index (χ1v) is 10.8. The van der Waals surface area contributed by atoms with Crippen LogP contribution in [0.3, 0.4) is 0 Å². The maximum atomic E-state index is 12.6. The molecular formula is C22H22ClNO3S2. The predicted octanol–water partition coefficient (Wildman–Crippen LogP) is 5.78. The van der Waals surface area contributed by atoms with Crippen LogP contribution in [0.2, 0.25) is 5.02 Å². The lowest BCUT2D eigenvalue weighted by atomic mass is 10.1. The molecule has 1 amide bonds. The number of ether oxygens (including phenoxy) is 2. The fourth-order valence-electron chi connectivity index (χ4n) is 2.84. The van der Waals surface area contributed by atoms with Crippen LogP contribution in [-0.2, 0) is 11.4 Å². The molecule has 1 aliphatic heterocycles. The normalized spacial score (nSPS) is 15.5. The molecule has 1 aliphatic rings. The Morgan fingerprint density at radius 3 is 2.66 bits per heavy atom. The van der Waals surface area contributed by atoms with Crippen LogP contribution in [0.4, 0.5) is 0 Å². The zero-order valence-electron chi connectivity index (χ0n) is 16.5. The summed E-state index contributed by atoms with van der Waals surface area (Å²) < 4.78 is 12.0. The molecule has 0 unspecified atom stereocenters. The van der Waals surface area contributed by atoms with E-state index in [9.17, 15) is 4.79 Å². The van der Waals surface area contributed by atoms with Crippen molar-refractivity contribution in [3.05, 3.63) is 63.5 Å². The van der Waals surface area contributed by atoms with Gasteiger partial charge in [-0.1, -0.05) is 73.7 Å². The summed E-state index contributed by atoms with van der Waals surface area (Å²) in [6.45, 7) is 5.09. The van der Waals surface area contributed by atoms with Crippen molar-refractivity contribution in [2.75, 3.05) is 13.7 Å². The molecule has 152 valence electrons. The molecule has 0 aromatic heterocycles. The van der Waals surface area contributed by atoms with Crippen LogP contribution in [0.1, 0.15) is 25.0 Å². The molecule has 0 N–H and O–H groups in total. The number of halogens is 1. The van der Waals surface area contributed by atoms with Crippen molar-refractivity contribution in [3.8, 4) is 11.5 Å². The summed E-state index contributed by atoms with van der Waals surface area (Å²) in [5.74, 6) is 1.50. The SMILES string of the molecule is COc1cc(/C=C2\SC(=S)N(CC(C)C)C2=O)ccc1OCc1ccccc1Cl. The van der Waals surface area contributed by atoms with Crippen molar-refractivity contribution in [3.63, 3.8) is 0 Å². The van der Waals surface area contributed by atoms with Crippen LogP contribution in [0.5, 0.6) is 11.5 Å². The summed E-state index contributed by atoms with van der Waals surface area (Å²) in [6.07, 6.45) is 1.83. The van der Waals surface area contributed by atoms with Crippen LogP contribution in [0.15, 0.2) is 47.4 Å². The molecule has 1 fully saturated rings. The molecule has 0 radical (unpaired) electrons. The quantitative estimate of drug-likeness (QED) is 0.397. The maximum absolute atomic E-state index is 12.6. The molecule has 3 rings (SSSR count). The van der Waals surface area contributed by atoms with E-state index >= 15 is 0 Å². The number of methoxy groups -OCH3 is 1. The van der Waals surface area contributed by atoms with Gasteiger partial charge in [-0.3, -0.25) is 9.69 Å². The summed E-state index contributed by atoms with van der Waals surface area (Å²) in [7, 11) is 1.59. The minimum atomic E-state index is -0.0493. The topological polar surface area (TPSA) is 38.8 Å². The van der Waals surface area contributed by atoms with Gasteiger partial charge in [0.15, 0.2) is 11.5 Å². The average molecular weight is 448 g/mol. The maximum Gasteiger partial charge on any atom is 0.266 e. The highest BCUT2D eigenvalue weighted by atomic mass is 35.5. The van der Waals surface area contributed by atoms with Crippen molar-refractivity contribution in [1.82, 2.24) is 4.90 Å². The van der Waals surface area contributed by atoms with Crippen molar-refractivity contribution >= 4 is 51.9 Å². The van der Waals surface area contributed by atoms with E-state index in [0.29, 0.717) is 44.8 Å². The Morgan fingerprint density at radius 2 is 1.97 bits per heavy atom. The fraction of sp³-hybridized carbons (Fsp3) is 0.273. The third-order valence-electron chi connectivity index (χ3n) is 4.25. The van der Waals surface area contributed by atoms with Gasteiger partial charge in [0.05, 0.1) is 12.0 Å². The predicted molar refractivity (Wildman–Crippen MR) is 123 cm³/mol. The summed E-state index contributed by atoms with van der Waals surface area (Å²) in [6, 6.07) is 13.1. The molecule has 0 spiro atoms. The third-order valence-corrected chi connectivity index (χ3v) is 5.99. The Bertz CT molecular complexity index is 959. The smallest absolute Gasteiger partial charge is 0.266 e. The molecule has 0 saturated carbocycles. The molecule has 2 aromatic rings. The molecule has 0 aliphatic carbocycles. The Kier molecular flexibility index (Phi) is 7.22. The van der Waals surface area contributed by atoms with Gasteiger partial charge in [-0.15, -0.1) is 0 Å². The van der Waals surface area contributed by atoms with E-state index in [2.05, 4.69) is 13.8 Å². The van der Waals surface area contributed by atoms with Gasteiger partial charge in [0, 0.05) is 17.1 Å².